The number of para-hydroxylation sites is 1. The zero-order valence-electron chi connectivity index (χ0n) is 14.3. The standard InChI is InChI=1S/C19H23N3O3/c1-22-12-5-4-6-13(22)10-11(9-12)20-18(24)16-17(23)14-7-2-3-8-15(14)21-19(16)25/h2-3,7-8,11-13H,4-6,9-10H2,1H3,(H,20,24)(H2,21,23,25). The monoisotopic (exact) mass is 341 g/mol. The van der Waals surface area contributed by atoms with Crippen molar-refractivity contribution in [3.63, 3.8) is 0 Å². The van der Waals surface area contributed by atoms with E-state index in [-0.39, 0.29) is 17.4 Å². The van der Waals surface area contributed by atoms with Crippen molar-refractivity contribution in [3.8, 4) is 5.75 Å². The quantitative estimate of drug-likeness (QED) is 0.780. The molecular weight excluding hydrogens is 318 g/mol. The van der Waals surface area contributed by atoms with E-state index in [9.17, 15) is 14.7 Å². The molecular formula is C19H23N3O3. The minimum Gasteiger partial charge on any atom is -0.506 e. The minimum atomic E-state index is -0.554. The molecule has 1 amide bonds. The highest BCUT2D eigenvalue weighted by atomic mass is 16.3. The van der Waals surface area contributed by atoms with Crippen molar-refractivity contribution in [2.75, 3.05) is 7.05 Å². The van der Waals surface area contributed by atoms with Crippen molar-refractivity contribution < 1.29 is 9.90 Å². The van der Waals surface area contributed by atoms with E-state index in [0.29, 0.717) is 23.0 Å². The first-order chi connectivity index (χ1) is 12.0. The van der Waals surface area contributed by atoms with Gasteiger partial charge in [0.1, 0.15) is 11.3 Å². The van der Waals surface area contributed by atoms with Gasteiger partial charge in [-0.25, -0.2) is 0 Å². The lowest BCUT2D eigenvalue weighted by Crippen LogP contribution is -2.55. The fourth-order valence-electron chi connectivity index (χ4n) is 4.43. The molecule has 1 aromatic carbocycles. The van der Waals surface area contributed by atoms with Gasteiger partial charge in [0.15, 0.2) is 0 Å². The second-order valence-corrected chi connectivity index (χ2v) is 7.27. The molecule has 2 aromatic rings. The van der Waals surface area contributed by atoms with E-state index in [1.54, 1.807) is 24.3 Å². The summed E-state index contributed by atoms with van der Waals surface area (Å²) in [6.45, 7) is 0. The fraction of sp³-hybridized carbons (Fsp3) is 0.474. The molecule has 4 rings (SSSR count). The number of fused-ring (bicyclic) bond motifs is 3. The van der Waals surface area contributed by atoms with Gasteiger partial charge < -0.3 is 20.3 Å². The molecule has 0 saturated carbocycles. The maximum Gasteiger partial charge on any atom is 0.265 e. The van der Waals surface area contributed by atoms with Crippen LogP contribution in [0.3, 0.4) is 0 Å². The second-order valence-electron chi connectivity index (χ2n) is 7.27. The number of carbonyl (C=O) groups excluding carboxylic acids is 1. The van der Waals surface area contributed by atoms with Gasteiger partial charge in [0.25, 0.3) is 11.5 Å². The number of nitrogens with zero attached hydrogens (tertiary/aromatic N) is 1. The van der Waals surface area contributed by atoms with E-state index >= 15 is 0 Å². The number of pyridine rings is 1. The fourth-order valence-corrected chi connectivity index (χ4v) is 4.43. The number of carbonyl (C=O) groups is 1. The van der Waals surface area contributed by atoms with E-state index in [1.807, 2.05) is 0 Å². The van der Waals surface area contributed by atoms with Crippen LogP contribution in [0.1, 0.15) is 42.5 Å². The molecule has 0 aliphatic carbocycles. The van der Waals surface area contributed by atoms with Crippen molar-refractivity contribution >= 4 is 16.8 Å². The van der Waals surface area contributed by atoms with Gasteiger partial charge in [0.05, 0.1) is 5.52 Å². The highest BCUT2D eigenvalue weighted by Crippen LogP contribution is 2.33. The molecule has 132 valence electrons. The molecule has 2 fully saturated rings. The SMILES string of the molecule is CN1C2CCCC1CC(NC(=O)c1c(O)c3ccccc3[nH]c1=O)C2. The Morgan fingerprint density at radius 1 is 1.24 bits per heavy atom. The Balaban J connectivity index is 1.60. The molecule has 2 saturated heterocycles. The van der Waals surface area contributed by atoms with Gasteiger partial charge in [-0.05, 0) is 44.9 Å². The molecule has 2 atom stereocenters. The number of piperidine rings is 2. The number of benzene rings is 1. The van der Waals surface area contributed by atoms with Crippen molar-refractivity contribution in [3.05, 3.63) is 40.2 Å². The Morgan fingerprint density at radius 3 is 2.64 bits per heavy atom. The normalized spacial score (nSPS) is 26.5. The van der Waals surface area contributed by atoms with Gasteiger partial charge in [-0.1, -0.05) is 18.6 Å². The topological polar surface area (TPSA) is 85.4 Å². The molecule has 2 aliphatic rings. The maximum atomic E-state index is 12.7. The number of H-pyrrole nitrogens is 1. The van der Waals surface area contributed by atoms with Crippen molar-refractivity contribution in [2.24, 2.45) is 0 Å². The van der Waals surface area contributed by atoms with Gasteiger partial charge in [0, 0.05) is 23.5 Å². The third-order valence-electron chi connectivity index (χ3n) is 5.80. The molecule has 1 aromatic heterocycles. The van der Waals surface area contributed by atoms with E-state index < -0.39 is 11.5 Å². The maximum absolute atomic E-state index is 12.7. The number of hydrogen-bond donors (Lipinski definition) is 3. The summed E-state index contributed by atoms with van der Waals surface area (Å²) in [4.78, 5) is 30.1. The lowest BCUT2D eigenvalue weighted by Gasteiger charge is -2.47. The Bertz CT molecular complexity index is 862. The Labute approximate surface area is 145 Å². The van der Waals surface area contributed by atoms with Crippen LogP contribution in [-0.4, -0.2) is 46.1 Å². The summed E-state index contributed by atoms with van der Waals surface area (Å²) < 4.78 is 0. The lowest BCUT2D eigenvalue weighted by atomic mass is 9.82. The van der Waals surface area contributed by atoms with Crippen LogP contribution < -0.4 is 10.9 Å². The molecule has 25 heavy (non-hydrogen) atoms. The molecule has 2 unspecified atom stereocenters. The van der Waals surface area contributed by atoms with Gasteiger partial charge >= 0.3 is 0 Å². The number of aromatic nitrogens is 1. The van der Waals surface area contributed by atoms with Crippen LogP contribution in [0, 0.1) is 0 Å². The minimum absolute atomic E-state index is 0.0456. The summed E-state index contributed by atoms with van der Waals surface area (Å²) >= 11 is 0. The Hall–Kier alpha value is -2.34. The molecule has 0 radical (unpaired) electrons. The largest absolute Gasteiger partial charge is 0.506 e. The molecule has 6 heteroatoms. The molecule has 0 spiro atoms. The van der Waals surface area contributed by atoms with Gasteiger partial charge in [-0.2, -0.15) is 0 Å². The summed E-state index contributed by atoms with van der Waals surface area (Å²) in [7, 11) is 2.16. The molecule has 6 nitrogen and oxygen atoms in total. The van der Waals surface area contributed by atoms with Crippen LogP contribution >= 0.6 is 0 Å². The van der Waals surface area contributed by atoms with E-state index in [4.69, 9.17) is 0 Å². The molecule has 3 heterocycles. The zero-order chi connectivity index (χ0) is 17.6. The second kappa shape index (κ2) is 6.19. The van der Waals surface area contributed by atoms with Gasteiger partial charge in [0.2, 0.25) is 0 Å². The van der Waals surface area contributed by atoms with Crippen LogP contribution in [0.4, 0.5) is 0 Å². The van der Waals surface area contributed by atoms with E-state index in [1.165, 1.54) is 6.42 Å². The third-order valence-corrected chi connectivity index (χ3v) is 5.80. The lowest BCUT2D eigenvalue weighted by molar-refractivity contribution is 0.0462. The Morgan fingerprint density at radius 2 is 1.92 bits per heavy atom. The number of amides is 1. The first-order valence-electron chi connectivity index (χ1n) is 8.91. The first-order valence-corrected chi connectivity index (χ1v) is 8.91. The van der Waals surface area contributed by atoms with Gasteiger partial charge in [-0.3, -0.25) is 9.59 Å². The number of hydrogen-bond acceptors (Lipinski definition) is 4. The van der Waals surface area contributed by atoms with Crippen LogP contribution in [0.15, 0.2) is 29.1 Å². The molecule has 2 bridgehead atoms. The van der Waals surface area contributed by atoms with E-state index in [2.05, 4.69) is 22.2 Å². The summed E-state index contributed by atoms with van der Waals surface area (Å²) in [5, 5.41) is 13.9. The van der Waals surface area contributed by atoms with Gasteiger partial charge in [-0.15, -0.1) is 0 Å². The summed E-state index contributed by atoms with van der Waals surface area (Å²) in [6, 6.07) is 7.95. The summed E-state index contributed by atoms with van der Waals surface area (Å²) in [5.74, 6) is -0.734. The Kier molecular flexibility index (Phi) is 4.00. The molecule has 2 aliphatic heterocycles. The third kappa shape index (κ3) is 2.80. The smallest absolute Gasteiger partial charge is 0.265 e. The average Bonchev–Trinajstić information content (AvgIpc) is 2.56. The predicted octanol–water partition coefficient (Wildman–Crippen LogP) is 1.98. The van der Waals surface area contributed by atoms with Crippen LogP contribution in [0.25, 0.3) is 10.9 Å². The van der Waals surface area contributed by atoms with Crippen molar-refractivity contribution in [1.29, 1.82) is 0 Å². The van der Waals surface area contributed by atoms with Crippen LogP contribution in [0.2, 0.25) is 0 Å². The summed E-state index contributed by atoms with van der Waals surface area (Å²) in [6.07, 6.45) is 5.34. The number of rotatable bonds is 2. The van der Waals surface area contributed by atoms with Crippen molar-refractivity contribution in [2.45, 2.75) is 50.2 Å². The predicted molar refractivity (Wildman–Crippen MR) is 95.9 cm³/mol. The van der Waals surface area contributed by atoms with E-state index in [0.717, 1.165) is 25.7 Å². The highest BCUT2D eigenvalue weighted by molar-refractivity contribution is 6.02. The average molecular weight is 341 g/mol. The number of nitrogens with one attached hydrogen (secondary N) is 2. The molecule has 3 N–H and O–H groups in total. The van der Waals surface area contributed by atoms with Crippen LogP contribution in [-0.2, 0) is 0 Å². The highest BCUT2D eigenvalue weighted by Gasteiger charge is 2.37. The number of aromatic hydroxyl groups is 1. The summed E-state index contributed by atoms with van der Waals surface area (Å²) in [5.41, 5.74) is -0.222. The van der Waals surface area contributed by atoms with Crippen molar-refractivity contribution in [1.82, 2.24) is 15.2 Å². The first kappa shape index (κ1) is 16.1. The van der Waals surface area contributed by atoms with Crippen LogP contribution in [0.5, 0.6) is 5.75 Å². The number of aromatic amines is 1. The zero-order valence-corrected chi connectivity index (χ0v) is 14.3.